The summed E-state index contributed by atoms with van der Waals surface area (Å²) in [5, 5.41) is 10.9. The maximum absolute atomic E-state index is 12.5. The molecule has 0 spiro atoms. The second kappa shape index (κ2) is 4.53. The van der Waals surface area contributed by atoms with Crippen LogP contribution in [0.15, 0.2) is 48.5 Å². The highest BCUT2D eigenvalue weighted by Gasteiger charge is 2.16. The summed E-state index contributed by atoms with van der Waals surface area (Å²) in [7, 11) is 1.78. The Balaban J connectivity index is 2.14. The lowest BCUT2D eigenvalue weighted by Crippen LogP contribution is -2.15. The molecule has 0 aliphatic heterocycles. The number of hydrogen-bond acceptors (Lipinski definition) is 4. The summed E-state index contributed by atoms with van der Waals surface area (Å²) in [6.07, 6.45) is 0. The van der Waals surface area contributed by atoms with Gasteiger partial charge in [-0.15, -0.1) is 5.10 Å². The molecule has 0 aliphatic rings. The summed E-state index contributed by atoms with van der Waals surface area (Å²) in [6.45, 7) is 0. The Morgan fingerprint density at radius 2 is 1.84 bits per heavy atom. The van der Waals surface area contributed by atoms with Gasteiger partial charge in [0.05, 0.1) is 11.1 Å². The predicted molar refractivity (Wildman–Crippen MR) is 73.2 cm³/mol. The number of benzene rings is 2. The summed E-state index contributed by atoms with van der Waals surface area (Å²) in [5.74, 6) is -0.196. The summed E-state index contributed by atoms with van der Waals surface area (Å²) in [5.41, 5.74) is 2.75. The van der Waals surface area contributed by atoms with Crippen LogP contribution in [0.4, 0.5) is 5.69 Å². The highest BCUT2D eigenvalue weighted by Crippen LogP contribution is 2.18. The van der Waals surface area contributed by atoms with Crippen molar-refractivity contribution in [1.29, 1.82) is 0 Å². The van der Waals surface area contributed by atoms with Gasteiger partial charge in [0.2, 0.25) is 0 Å². The monoisotopic (exact) mass is 252 g/mol. The average molecular weight is 252 g/mol. The fourth-order valence-corrected chi connectivity index (χ4v) is 2.02. The number of rotatable bonds is 2. The molecule has 5 heteroatoms. The Labute approximate surface area is 109 Å². The molecule has 0 unspecified atom stereocenters. The zero-order chi connectivity index (χ0) is 13.2. The van der Waals surface area contributed by atoms with Gasteiger partial charge in [0.15, 0.2) is 0 Å². The van der Waals surface area contributed by atoms with E-state index in [-0.39, 0.29) is 5.91 Å². The standard InChI is InChI=1S/C14H12N4O/c1-15-11-7-3-2-6-10(11)14(19)18-13-9-5-4-8-12(13)16-17-18/h2-9,15H,1H3. The molecule has 0 aliphatic carbocycles. The van der Waals surface area contributed by atoms with Crippen molar-refractivity contribution in [1.82, 2.24) is 15.0 Å². The first-order chi connectivity index (χ1) is 9.31. The SMILES string of the molecule is CNc1ccccc1C(=O)n1nnc2ccccc21. The van der Waals surface area contributed by atoms with Crippen molar-refractivity contribution in [3.05, 3.63) is 54.1 Å². The summed E-state index contributed by atoms with van der Waals surface area (Å²) in [4.78, 5) is 12.5. The van der Waals surface area contributed by atoms with E-state index in [0.29, 0.717) is 16.6 Å². The lowest BCUT2D eigenvalue weighted by Gasteiger charge is -2.07. The zero-order valence-corrected chi connectivity index (χ0v) is 10.4. The summed E-state index contributed by atoms with van der Waals surface area (Å²) < 4.78 is 1.32. The second-order valence-corrected chi connectivity index (χ2v) is 4.09. The van der Waals surface area contributed by atoms with Gasteiger partial charge in [-0.1, -0.05) is 29.5 Å². The van der Waals surface area contributed by atoms with E-state index in [9.17, 15) is 4.79 Å². The van der Waals surface area contributed by atoms with Crippen LogP contribution in [0.5, 0.6) is 0 Å². The fourth-order valence-electron chi connectivity index (χ4n) is 2.02. The largest absolute Gasteiger partial charge is 0.387 e. The van der Waals surface area contributed by atoms with Gasteiger partial charge in [0, 0.05) is 12.7 Å². The maximum Gasteiger partial charge on any atom is 0.282 e. The zero-order valence-electron chi connectivity index (χ0n) is 10.4. The topological polar surface area (TPSA) is 59.8 Å². The molecule has 5 nitrogen and oxygen atoms in total. The van der Waals surface area contributed by atoms with Crippen molar-refractivity contribution in [2.45, 2.75) is 0 Å². The van der Waals surface area contributed by atoms with Crippen LogP contribution in [-0.2, 0) is 0 Å². The van der Waals surface area contributed by atoms with E-state index in [0.717, 1.165) is 5.69 Å². The highest BCUT2D eigenvalue weighted by molar-refractivity contribution is 6.04. The molecule has 0 saturated heterocycles. The number of nitrogens with one attached hydrogen (secondary N) is 1. The molecule has 0 amide bonds. The minimum Gasteiger partial charge on any atom is -0.387 e. The van der Waals surface area contributed by atoms with Crippen molar-refractivity contribution in [3.8, 4) is 0 Å². The van der Waals surface area contributed by atoms with E-state index in [1.54, 1.807) is 13.1 Å². The van der Waals surface area contributed by atoms with Crippen LogP contribution in [0.3, 0.4) is 0 Å². The van der Waals surface area contributed by atoms with E-state index < -0.39 is 0 Å². The van der Waals surface area contributed by atoms with Gasteiger partial charge in [-0.25, -0.2) is 0 Å². The van der Waals surface area contributed by atoms with Gasteiger partial charge >= 0.3 is 0 Å². The normalized spacial score (nSPS) is 10.6. The Kier molecular flexibility index (Phi) is 2.72. The second-order valence-electron chi connectivity index (χ2n) is 4.09. The molecule has 0 radical (unpaired) electrons. The lowest BCUT2D eigenvalue weighted by atomic mass is 10.1. The van der Waals surface area contributed by atoms with Crippen LogP contribution >= 0.6 is 0 Å². The molecule has 94 valence electrons. The minimum absolute atomic E-state index is 0.196. The van der Waals surface area contributed by atoms with Gasteiger partial charge < -0.3 is 5.32 Å². The molecule has 0 atom stereocenters. The van der Waals surface area contributed by atoms with Crippen molar-refractivity contribution in [2.75, 3.05) is 12.4 Å². The van der Waals surface area contributed by atoms with Crippen LogP contribution in [0.1, 0.15) is 10.4 Å². The Morgan fingerprint density at radius 1 is 1.11 bits per heavy atom. The van der Waals surface area contributed by atoms with E-state index in [2.05, 4.69) is 15.6 Å². The number of carbonyl (C=O) groups is 1. The Morgan fingerprint density at radius 3 is 2.68 bits per heavy atom. The Hall–Kier alpha value is -2.69. The predicted octanol–water partition coefficient (Wildman–Crippen LogP) is 2.16. The fraction of sp³-hybridized carbons (Fsp3) is 0.0714. The smallest absolute Gasteiger partial charge is 0.282 e. The maximum atomic E-state index is 12.5. The first-order valence-electron chi connectivity index (χ1n) is 5.93. The molecular formula is C14H12N4O. The highest BCUT2D eigenvalue weighted by atomic mass is 16.2. The molecule has 1 N–H and O–H groups in total. The van der Waals surface area contributed by atoms with Crippen LogP contribution in [0, 0.1) is 0 Å². The molecule has 0 bridgehead atoms. The van der Waals surface area contributed by atoms with E-state index in [1.165, 1.54) is 4.68 Å². The molecule has 1 heterocycles. The third-order valence-corrected chi connectivity index (χ3v) is 2.97. The Bertz CT molecular complexity index is 748. The van der Waals surface area contributed by atoms with Crippen LogP contribution in [0.2, 0.25) is 0 Å². The van der Waals surface area contributed by atoms with Crippen molar-refractivity contribution in [2.24, 2.45) is 0 Å². The first-order valence-corrected chi connectivity index (χ1v) is 5.93. The van der Waals surface area contributed by atoms with Crippen LogP contribution < -0.4 is 5.32 Å². The number of aromatic nitrogens is 3. The number of hydrogen-bond donors (Lipinski definition) is 1. The lowest BCUT2D eigenvalue weighted by molar-refractivity contribution is 0.0949. The van der Waals surface area contributed by atoms with Gasteiger partial charge in [-0.2, -0.15) is 4.68 Å². The third kappa shape index (κ3) is 1.85. The van der Waals surface area contributed by atoms with Gasteiger partial charge in [0.25, 0.3) is 5.91 Å². The molecule has 1 aromatic heterocycles. The molecule has 3 aromatic rings. The number of para-hydroxylation sites is 2. The molecule has 2 aromatic carbocycles. The van der Waals surface area contributed by atoms with Crippen molar-refractivity contribution < 1.29 is 4.79 Å². The summed E-state index contributed by atoms with van der Waals surface area (Å²) in [6, 6.07) is 14.7. The number of fused-ring (bicyclic) bond motifs is 1. The van der Waals surface area contributed by atoms with E-state index in [1.807, 2.05) is 42.5 Å². The molecule has 0 saturated carbocycles. The van der Waals surface area contributed by atoms with Gasteiger partial charge in [0.1, 0.15) is 5.52 Å². The van der Waals surface area contributed by atoms with Crippen molar-refractivity contribution >= 4 is 22.6 Å². The minimum atomic E-state index is -0.196. The van der Waals surface area contributed by atoms with Gasteiger partial charge in [-0.05, 0) is 24.3 Å². The van der Waals surface area contributed by atoms with Crippen LogP contribution in [0.25, 0.3) is 11.0 Å². The van der Waals surface area contributed by atoms with E-state index >= 15 is 0 Å². The first kappa shape index (κ1) is 11.4. The van der Waals surface area contributed by atoms with Crippen LogP contribution in [-0.4, -0.2) is 27.9 Å². The number of anilines is 1. The average Bonchev–Trinajstić information content (AvgIpc) is 2.90. The molecule has 0 fully saturated rings. The molecular weight excluding hydrogens is 240 g/mol. The third-order valence-electron chi connectivity index (χ3n) is 2.97. The quantitative estimate of drug-likeness (QED) is 0.759. The summed E-state index contributed by atoms with van der Waals surface area (Å²) >= 11 is 0. The molecule has 19 heavy (non-hydrogen) atoms. The molecule has 3 rings (SSSR count). The van der Waals surface area contributed by atoms with Crippen molar-refractivity contribution in [3.63, 3.8) is 0 Å². The van der Waals surface area contributed by atoms with Gasteiger partial charge in [-0.3, -0.25) is 4.79 Å². The van der Waals surface area contributed by atoms with E-state index in [4.69, 9.17) is 0 Å². The number of nitrogens with zero attached hydrogens (tertiary/aromatic N) is 3. The number of carbonyl (C=O) groups excluding carboxylic acids is 1.